The van der Waals surface area contributed by atoms with E-state index in [1.807, 2.05) is 32.1 Å². The number of carbonyl (C=O) groups is 3. The Kier molecular flexibility index (Phi) is 8.14. The van der Waals surface area contributed by atoms with Crippen LogP contribution >= 0.6 is 0 Å². The maximum absolute atomic E-state index is 12.2. The van der Waals surface area contributed by atoms with Crippen molar-refractivity contribution in [2.24, 2.45) is 5.92 Å². The molecule has 0 saturated carbocycles. The Morgan fingerprint density at radius 2 is 2.03 bits per heavy atom. The topological polar surface area (TPSA) is 122 Å². The fraction of sp³-hybridized carbons (Fsp3) is 0.500. The van der Waals surface area contributed by atoms with Gasteiger partial charge in [-0.25, -0.2) is 4.79 Å². The quantitative estimate of drug-likeness (QED) is 0.329. The Hall–Kier alpha value is -2.71. The van der Waals surface area contributed by atoms with E-state index in [1.165, 1.54) is 6.92 Å². The number of hydrogen-bond acceptors (Lipinski definition) is 7. The lowest BCUT2D eigenvalue weighted by atomic mass is 9.88. The van der Waals surface area contributed by atoms with Crippen LogP contribution in [0.2, 0.25) is 0 Å². The molecule has 1 heterocycles. The number of aliphatic hydroxyl groups excluding tert-OH is 1. The second-order valence-electron chi connectivity index (χ2n) is 7.58. The van der Waals surface area contributed by atoms with Crippen molar-refractivity contribution in [2.75, 3.05) is 0 Å². The standard InChI is InChI=1S/C22H29NO7/c1-4-5-6-7-8-17-14(2)18(13-22(3,28)30-17)29-20(27)12-11-19(26)23-21-15(24)9-10-16(21)25/h5-8,11-12,14,17-18,24,28H,4,9-10,13H2,1-3H3,(H,23,26)/b6-5+,8-7+,12-11+/t14-,17-,18-,22+/m1/s1. The average molecular weight is 419 g/mol. The summed E-state index contributed by atoms with van der Waals surface area (Å²) in [7, 11) is 0. The van der Waals surface area contributed by atoms with Crippen molar-refractivity contribution < 1.29 is 34.1 Å². The zero-order valence-electron chi connectivity index (χ0n) is 17.5. The van der Waals surface area contributed by atoms with Gasteiger partial charge >= 0.3 is 5.97 Å². The van der Waals surface area contributed by atoms with Crippen molar-refractivity contribution >= 4 is 17.7 Å². The van der Waals surface area contributed by atoms with Crippen molar-refractivity contribution in [3.63, 3.8) is 0 Å². The van der Waals surface area contributed by atoms with Crippen molar-refractivity contribution in [3.05, 3.63) is 47.9 Å². The zero-order valence-corrected chi connectivity index (χ0v) is 17.5. The number of ether oxygens (including phenoxy) is 2. The number of Topliss-reactive ketones (excluding diaryl/α,β-unsaturated/α-hetero) is 1. The molecule has 1 saturated heterocycles. The smallest absolute Gasteiger partial charge is 0.331 e. The SMILES string of the molecule is CC/C=C/C=C/[C@H]1O[C@](C)(O)C[C@@H](OC(=O)/C=C/C(=O)NC2=C(O)CCC2=O)[C@@H]1C. The van der Waals surface area contributed by atoms with Crippen molar-refractivity contribution in [3.8, 4) is 0 Å². The maximum Gasteiger partial charge on any atom is 0.331 e. The summed E-state index contributed by atoms with van der Waals surface area (Å²) in [5.74, 6) is -3.70. The molecule has 0 spiro atoms. The molecule has 8 heteroatoms. The van der Waals surface area contributed by atoms with Gasteiger partial charge < -0.3 is 25.0 Å². The molecule has 1 fully saturated rings. The molecule has 1 aliphatic carbocycles. The van der Waals surface area contributed by atoms with Crippen LogP contribution < -0.4 is 5.32 Å². The molecule has 0 radical (unpaired) electrons. The van der Waals surface area contributed by atoms with Crippen molar-refractivity contribution in [2.45, 2.75) is 64.4 Å². The van der Waals surface area contributed by atoms with Gasteiger partial charge in [0.1, 0.15) is 17.6 Å². The summed E-state index contributed by atoms with van der Waals surface area (Å²) < 4.78 is 11.1. The molecule has 2 aliphatic rings. The molecule has 0 bridgehead atoms. The number of esters is 1. The lowest BCUT2D eigenvalue weighted by Gasteiger charge is -2.41. The minimum absolute atomic E-state index is 0.0876. The minimum atomic E-state index is -1.46. The van der Waals surface area contributed by atoms with Crippen molar-refractivity contribution in [1.82, 2.24) is 5.32 Å². The van der Waals surface area contributed by atoms with Gasteiger partial charge in [-0.15, -0.1) is 0 Å². The summed E-state index contributed by atoms with van der Waals surface area (Å²) in [6.07, 6.45) is 9.58. The average Bonchev–Trinajstić information content (AvgIpc) is 2.98. The fourth-order valence-electron chi connectivity index (χ4n) is 3.25. The lowest BCUT2D eigenvalue weighted by Crippen LogP contribution is -2.50. The number of ketones is 1. The summed E-state index contributed by atoms with van der Waals surface area (Å²) in [5, 5.41) is 22.2. The van der Waals surface area contributed by atoms with Crippen LogP contribution in [0, 0.1) is 5.92 Å². The molecule has 30 heavy (non-hydrogen) atoms. The highest BCUT2D eigenvalue weighted by atomic mass is 16.6. The van der Waals surface area contributed by atoms with E-state index in [0.29, 0.717) is 0 Å². The van der Waals surface area contributed by atoms with Crippen LogP contribution in [0.4, 0.5) is 0 Å². The van der Waals surface area contributed by atoms with Crippen LogP contribution in [0.15, 0.2) is 47.9 Å². The predicted octanol–water partition coefficient (Wildman–Crippen LogP) is 2.36. The van der Waals surface area contributed by atoms with Gasteiger partial charge in [-0.05, 0) is 13.3 Å². The molecular formula is C22H29NO7. The molecule has 0 aromatic carbocycles. The Bertz CT molecular complexity index is 791. The highest BCUT2D eigenvalue weighted by Crippen LogP contribution is 2.33. The van der Waals surface area contributed by atoms with E-state index in [4.69, 9.17) is 9.47 Å². The maximum atomic E-state index is 12.2. The molecule has 2 rings (SSSR count). The first kappa shape index (κ1) is 23.6. The van der Waals surface area contributed by atoms with Gasteiger partial charge in [0, 0.05) is 37.3 Å². The van der Waals surface area contributed by atoms with E-state index in [1.54, 1.807) is 6.08 Å². The normalized spacial score (nSPS) is 30.0. The van der Waals surface area contributed by atoms with E-state index in [9.17, 15) is 24.6 Å². The summed E-state index contributed by atoms with van der Waals surface area (Å²) in [5.41, 5.74) is -0.140. The summed E-state index contributed by atoms with van der Waals surface area (Å²) >= 11 is 0. The van der Waals surface area contributed by atoms with Crippen molar-refractivity contribution in [1.29, 1.82) is 0 Å². The summed E-state index contributed by atoms with van der Waals surface area (Å²) in [4.78, 5) is 35.6. The number of nitrogens with one attached hydrogen (secondary N) is 1. The summed E-state index contributed by atoms with van der Waals surface area (Å²) in [6, 6.07) is 0. The highest BCUT2D eigenvalue weighted by molar-refractivity contribution is 6.04. The zero-order chi connectivity index (χ0) is 22.3. The molecule has 164 valence electrons. The molecule has 1 aliphatic heterocycles. The van der Waals surface area contributed by atoms with Gasteiger partial charge in [0.05, 0.1) is 6.10 Å². The fourth-order valence-corrected chi connectivity index (χ4v) is 3.25. The number of amides is 1. The third-order valence-electron chi connectivity index (χ3n) is 4.90. The third kappa shape index (κ3) is 6.67. The molecule has 4 atom stereocenters. The van der Waals surface area contributed by atoms with E-state index in [-0.39, 0.29) is 42.4 Å². The van der Waals surface area contributed by atoms with E-state index < -0.39 is 29.9 Å². The van der Waals surface area contributed by atoms with Crippen LogP contribution in [0.25, 0.3) is 0 Å². The molecule has 0 aromatic rings. The Balaban J connectivity index is 1.96. The van der Waals surface area contributed by atoms with E-state index in [0.717, 1.165) is 18.6 Å². The molecule has 1 amide bonds. The van der Waals surface area contributed by atoms with Gasteiger partial charge in [0.25, 0.3) is 0 Å². The van der Waals surface area contributed by atoms with Crippen LogP contribution in [0.5, 0.6) is 0 Å². The first-order valence-corrected chi connectivity index (χ1v) is 10.0. The highest BCUT2D eigenvalue weighted by Gasteiger charge is 2.42. The number of carbonyl (C=O) groups excluding carboxylic acids is 3. The number of aliphatic hydroxyl groups is 2. The first-order valence-electron chi connectivity index (χ1n) is 10.0. The monoisotopic (exact) mass is 419 g/mol. The van der Waals surface area contributed by atoms with Crippen LogP contribution in [0.1, 0.15) is 46.5 Å². The summed E-state index contributed by atoms with van der Waals surface area (Å²) in [6.45, 7) is 5.37. The van der Waals surface area contributed by atoms with Gasteiger partial charge in [0.15, 0.2) is 11.6 Å². The molecular weight excluding hydrogens is 390 g/mol. The Morgan fingerprint density at radius 3 is 2.67 bits per heavy atom. The van der Waals surface area contributed by atoms with Gasteiger partial charge in [-0.1, -0.05) is 38.2 Å². The predicted molar refractivity (Wildman–Crippen MR) is 109 cm³/mol. The first-order chi connectivity index (χ1) is 14.1. The third-order valence-corrected chi connectivity index (χ3v) is 4.90. The van der Waals surface area contributed by atoms with E-state index in [2.05, 4.69) is 5.32 Å². The lowest BCUT2D eigenvalue weighted by molar-refractivity contribution is -0.268. The largest absolute Gasteiger partial charge is 0.510 e. The molecule has 0 aromatic heterocycles. The number of allylic oxidation sites excluding steroid dienone is 5. The van der Waals surface area contributed by atoms with Crippen LogP contribution in [-0.4, -0.2) is 45.9 Å². The van der Waals surface area contributed by atoms with E-state index >= 15 is 0 Å². The number of rotatable bonds is 7. The molecule has 8 nitrogen and oxygen atoms in total. The van der Waals surface area contributed by atoms with Gasteiger partial charge in [-0.2, -0.15) is 0 Å². The molecule has 0 unspecified atom stereocenters. The number of hydrogen-bond donors (Lipinski definition) is 3. The van der Waals surface area contributed by atoms with Gasteiger partial charge in [-0.3, -0.25) is 9.59 Å². The van der Waals surface area contributed by atoms with Gasteiger partial charge in [0.2, 0.25) is 5.91 Å². The second-order valence-corrected chi connectivity index (χ2v) is 7.58. The molecule has 3 N–H and O–H groups in total. The Labute approximate surface area is 175 Å². The van der Waals surface area contributed by atoms with Crippen LogP contribution in [-0.2, 0) is 23.9 Å². The Morgan fingerprint density at radius 1 is 1.30 bits per heavy atom. The minimum Gasteiger partial charge on any atom is -0.510 e. The second kappa shape index (κ2) is 10.4. The van der Waals surface area contributed by atoms with Crippen LogP contribution in [0.3, 0.4) is 0 Å².